The predicted molar refractivity (Wildman–Crippen MR) is 55.8 cm³/mol. The Morgan fingerprint density at radius 1 is 1.31 bits per heavy atom. The molecule has 1 aliphatic rings. The van der Waals surface area contributed by atoms with E-state index in [0.717, 1.165) is 24.0 Å². The number of thioether (sulfide) groups is 1. The molecule has 0 amide bonds. The van der Waals surface area contributed by atoms with Gasteiger partial charge in [-0.3, -0.25) is 4.79 Å². The first-order chi connectivity index (χ1) is 6.40. The third kappa shape index (κ3) is 1.83. The molecule has 1 aromatic rings. The number of rotatable bonds is 1. The molecule has 0 fully saturated rings. The molecular weight excluding hydrogens is 180 g/mol. The van der Waals surface area contributed by atoms with Crippen molar-refractivity contribution in [1.82, 2.24) is 0 Å². The van der Waals surface area contributed by atoms with E-state index in [1.807, 2.05) is 30.0 Å². The summed E-state index contributed by atoms with van der Waals surface area (Å²) in [5.41, 5.74) is 2.07. The summed E-state index contributed by atoms with van der Waals surface area (Å²) < 4.78 is 0. The van der Waals surface area contributed by atoms with Gasteiger partial charge >= 0.3 is 0 Å². The van der Waals surface area contributed by atoms with Crippen molar-refractivity contribution in [3.63, 3.8) is 0 Å². The quantitative estimate of drug-likeness (QED) is 0.633. The van der Waals surface area contributed by atoms with Crippen LogP contribution in [0.25, 0.3) is 6.08 Å². The Kier molecular flexibility index (Phi) is 2.50. The van der Waals surface area contributed by atoms with Crippen LogP contribution in [0.2, 0.25) is 0 Å². The van der Waals surface area contributed by atoms with Gasteiger partial charge in [0.2, 0.25) is 0 Å². The summed E-state index contributed by atoms with van der Waals surface area (Å²) in [5, 5.41) is 0. The highest BCUT2D eigenvalue weighted by atomic mass is 32.2. The third-order valence-corrected chi connectivity index (χ3v) is 3.15. The van der Waals surface area contributed by atoms with Gasteiger partial charge in [0.1, 0.15) is 6.29 Å². The van der Waals surface area contributed by atoms with E-state index in [4.69, 9.17) is 0 Å². The van der Waals surface area contributed by atoms with Crippen molar-refractivity contribution < 1.29 is 4.79 Å². The molecule has 0 N–H and O–H groups in total. The highest BCUT2D eigenvalue weighted by Crippen LogP contribution is 2.29. The fourth-order valence-electron chi connectivity index (χ4n) is 1.37. The van der Waals surface area contributed by atoms with Gasteiger partial charge in [0.15, 0.2) is 0 Å². The molecule has 0 radical (unpaired) electrons. The van der Waals surface area contributed by atoms with Crippen molar-refractivity contribution in [2.45, 2.75) is 11.3 Å². The summed E-state index contributed by atoms with van der Waals surface area (Å²) in [7, 11) is 0. The van der Waals surface area contributed by atoms with Crippen LogP contribution in [0.4, 0.5) is 0 Å². The Morgan fingerprint density at radius 3 is 3.00 bits per heavy atom. The molecule has 0 aromatic heterocycles. The second-order valence-corrected chi connectivity index (χ2v) is 4.11. The van der Waals surface area contributed by atoms with E-state index < -0.39 is 0 Å². The number of fused-ring (bicyclic) bond motifs is 1. The Bertz CT molecular complexity index is 355. The van der Waals surface area contributed by atoms with Crippen LogP contribution in [-0.2, 0) is 4.79 Å². The van der Waals surface area contributed by atoms with E-state index in [1.54, 1.807) is 0 Å². The van der Waals surface area contributed by atoms with Crippen molar-refractivity contribution in [2.24, 2.45) is 0 Å². The molecule has 2 heteroatoms. The zero-order valence-corrected chi connectivity index (χ0v) is 8.01. The van der Waals surface area contributed by atoms with E-state index in [0.29, 0.717) is 0 Å². The summed E-state index contributed by atoms with van der Waals surface area (Å²) in [5.74, 6) is 1.00. The van der Waals surface area contributed by atoms with Crippen molar-refractivity contribution in [1.29, 1.82) is 0 Å². The number of allylic oxidation sites excluding steroid dienone is 1. The molecule has 13 heavy (non-hydrogen) atoms. The smallest absolute Gasteiger partial charge is 0.146 e. The number of carbonyl (C=O) groups excluding carboxylic acids is 1. The molecular formula is C11H10OS. The molecule has 0 atom stereocenters. The topological polar surface area (TPSA) is 17.1 Å². The van der Waals surface area contributed by atoms with E-state index in [2.05, 4.69) is 12.1 Å². The minimum absolute atomic E-state index is 0.878. The van der Waals surface area contributed by atoms with Gasteiger partial charge in [-0.1, -0.05) is 18.2 Å². The van der Waals surface area contributed by atoms with Crippen molar-refractivity contribution in [2.75, 3.05) is 5.75 Å². The van der Waals surface area contributed by atoms with Crippen LogP contribution in [0, 0.1) is 0 Å². The second-order valence-electron chi connectivity index (χ2n) is 2.97. The molecule has 0 bridgehead atoms. The lowest BCUT2D eigenvalue weighted by molar-refractivity contribution is -0.104. The van der Waals surface area contributed by atoms with Crippen LogP contribution in [0.15, 0.2) is 34.7 Å². The lowest BCUT2D eigenvalue weighted by Crippen LogP contribution is -1.84. The van der Waals surface area contributed by atoms with Gasteiger partial charge < -0.3 is 0 Å². The normalized spacial score (nSPS) is 15.5. The van der Waals surface area contributed by atoms with Gasteiger partial charge in [0.05, 0.1) is 0 Å². The van der Waals surface area contributed by atoms with Crippen LogP contribution < -0.4 is 0 Å². The van der Waals surface area contributed by atoms with Gasteiger partial charge in [-0.05, 0) is 29.7 Å². The first-order valence-corrected chi connectivity index (χ1v) is 5.26. The summed E-state index contributed by atoms with van der Waals surface area (Å²) in [4.78, 5) is 11.9. The maximum absolute atomic E-state index is 10.6. The van der Waals surface area contributed by atoms with Crippen LogP contribution in [0.3, 0.4) is 0 Å². The number of hydrogen-bond acceptors (Lipinski definition) is 2. The molecule has 66 valence electrons. The van der Waals surface area contributed by atoms with E-state index >= 15 is 0 Å². The molecule has 2 rings (SSSR count). The van der Waals surface area contributed by atoms with Gasteiger partial charge in [0.25, 0.3) is 0 Å². The van der Waals surface area contributed by atoms with Gasteiger partial charge in [-0.25, -0.2) is 0 Å². The average molecular weight is 190 g/mol. The Labute approximate surface area is 81.8 Å². The fourth-order valence-corrected chi connectivity index (χ4v) is 2.40. The fraction of sp³-hybridized carbons (Fsp3) is 0.182. The Hall–Kier alpha value is -1.02. The summed E-state index contributed by atoms with van der Waals surface area (Å²) >= 11 is 1.82. The average Bonchev–Trinajstić information content (AvgIpc) is 2.38. The number of aldehydes is 1. The first-order valence-electron chi connectivity index (χ1n) is 4.28. The first kappa shape index (κ1) is 8.57. The van der Waals surface area contributed by atoms with Crippen molar-refractivity contribution >= 4 is 24.1 Å². The lowest BCUT2D eigenvalue weighted by Gasteiger charge is -1.99. The maximum Gasteiger partial charge on any atom is 0.146 e. The summed E-state index contributed by atoms with van der Waals surface area (Å²) in [6.45, 7) is 0. The zero-order valence-electron chi connectivity index (χ0n) is 7.19. The number of carbonyl (C=O) groups is 1. The minimum atomic E-state index is 0.878. The van der Waals surface area contributed by atoms with Crippen molar-refractivity contribution in [3.05, 3.63) is 35.4 Å². The van der Waals surface area contributed by atoms with Gasteiger partial charge in [-0.2, -0.15) is 0 Å². The monoisotopic (exact) mass is 190 g/mol. The summed E-state index contributed by atoms with van der Waals surface area (Å²) in [6, 6.07) is 8.19. The highest BCUT2D eigenvalue weighted by Gasteiger charge is 2.07. The Balaban J connectivity index is 2.45. The molecule has 1 heterocycles. The van der Waals surface area contributed by atoms with Crippen LogP contribution in [-0.4, -0.2) is 12.0 Å². The number of benzene rings is 1. The van der Waals surface area contributed by atoms with Gasteiger partial charge in [-0.15, -0.1) is 11.8 Å². The van der Waals surface area contributed by atoms with E-state index in [9.17, 15) is 4.79 Å². The van der Waals surface area contributed by atoms with Crippen LogP contribution in [0.1, 0.15) is 12.0 Å². The maximum atomic E-state index is 10.6. The molecule has 0 saturated heterocycles. The SMILES string of the molecule is O=CC1=Cc2ccccc2SCC1. The van der Waals surface area contributed by atoms with E-state index in [-0.39, 0.29) is 0 Å². The Morgan fingerprint density at radius 2 is 2.15 bits per heavy atom. The molecule has 0 aliphatic carbocycles. The largest absolute Gasteiger partial charge is 0.298 e. The van der Waals surface area contributed by atoms with Crippen LogP contribution >= 0.6 is 11.8 Å². The van der Waals surface area contributed by atoms with E-state index in [1.165, 1.54) is 10.5 Å². The highest BCUT2D eigenvalue weighted by molar-refractivity contribution is 7.99. The van der Waals surface area contributed by atoms with Gasteiger partial charge in [0, 0.05) is 10.6 Å². The standard InChI is InChI=1S/C11H10OS/c12-8-9-5-6-13-11-4-2-1-3-10(11)7-9/h1-4,7-8H,5-6H2. The summed E-state index contributed by atoms with van der Waals surface area (Å²) in [6.07, 6.45) is 3.83. The number of hydrogen-bond donors (Lipinski definition) is 0. The predicted octanol–water partition coefficient (Wildman–Crippen LogP) is 2.76. The molecule has 0 spiro atoms. The second kappa shape index (κ2) is 3.79. The third-order valence-electron chi connectivity index (χ3n) is 2.06. The molecule has 0 unspecified atom stereocenters. The van der Waals surface area contributed by atoms with Crippen LogP contribution in [0.5, 0.6) is 0 Å². The van der Waals surface area contributed by atoms with Crippen molar-refractivity contribution in [3.8, 4) is 0 Å². The minimum Gasteiger partial charge on any atom is -0.298 e. The zero-order chi connectivity index (χ0) is 9.10. The molecule has 1 nitrogen and oxygen atoms in total. The lowest BCUT2D eigenvalue weighted by atomic mass is 10.1. The molecule has 0 saturated carbocycles. The molecule has 1 aliphatic heterocycles. The molecule has 1 aromatic carbocycles.